The number of morpholine rings is 1. The summed E-state index contributed by atoms with van der Waals surface area (Å²) in [5.41, 5.74) is 0. The molecule has 2 saturated heterocycles. The molecule has 0 amide bonds. The second kappa shape index (κ2) is 9.01. The molecule has 2 heterocycles. The fourth-order valence-electron chi connectivity index (χ4n) is 3.44. The molecule has 0 aromatic heterocycles. The fraction of sp³-hybridized carbons (Fsp3) is 1.00. The van der Waals surface area contributed by atoms with Crippen LogP contribution in [0.25, 0.3) is 0 Å². The van der Waals surface area contributed by atoms with Crippen LogP contribution in [0.3, 0.4) is 0 Å². The predicted octanol–water partition coefficient (Wildman–Crippen LogP) is 3.19. The van der Waals surface area contributed by atoms with Crippen molar-refractivity contribution in [3.05, 3.63) is 0 Å². The van der Waals surface area contributed by atoms with Crippen molar-refractivity contribution in [1.82, 2.24) is 4.90 Å². The number of ether oxygens (including phenoxy) is 2. The summed E-state index contributed by atoms with van der Waals surface area (Å²) in [5, 5.41) is 0. The Morgan fingerprint density at radius 3 is 2.25 bits per heavy atom. The highest BCUT2D eigenvalue weighted by Gasteiger charge is 2.21. The minimum atomic E-state index is 0.861. The first-order valence-electron chi connectivity index (χ1n) is 8.63. The van der Waals surface area contributed by atoms with Gasteiger partial charge < -0.3 is 9.47 Å². The zero-order chi connectivity index (χ0) is 14.2. The van der Waals surface area contributed by atoms with Crippen LogP contribution in [0.2, 0.25) is 0 Å². The Morgan fingerprint density at radius 1 is 0.900 bits per heavy atom. The quantitative estimate of drug-likeness (QED) is 0.716. The largest absolute Gasteiger partial charge is 0.381 e. The third kappa shape index (κ3) is 5.71. The molecule has 0 N–H and O–H groups in total. The van der Waals surface area contributed by atoms with Gasteiger partial charge in [-0.05, 0) is 43.6 Å². The molecule has 3 nitrogen and oxygen atoms in total. The smallest absolute Gasteiger partial charge is 0.0594 e. The Labute approximate surface area is 125 Å². The van der Waals surface area contributed by atoms with Crippen LogP contribution in [0, 0.1) is 17.8 Å². The normalized spacial score (nSPS) is 25.5. The summed E-state index contributed by atoms with van der Waals surface area (Å²) in [5.74, 6) is 2.65. The van der Waals surface area contributed by atoms with Crippen LogP contribution in [0.15, 0.2) is 0 Å². The molecule has 3 heteroatoms. The predicted molar refractivity (Wildman–Crippen MR) is 83.0 cm³/mol. The first-order valence-corrected chi connectivity index (χ1v) is 8.63. The Morgan fingerprint density at radius 2 is 1.55 bits per heavy atom. The molecule has 2 atom stereocenters. The van der Waals surface area contributed by atoms with Gasteiger partial charge in [0, 0.05) is 26.3 Å². The lowest BCUT2D eigenvalue weighted by atomic mass is 9.82. The first kappa shape index (κ1) is 16.3. The lowest BCUT2D eigenvalue weighted by Crippen LogP contribution is -2.37. The third-order valence-corrected chi connectivity index (χ3v) is 5.23. The van der Waals surface area contributed by atoms with E-state index in [4.69, 9.17) is 9.47 Å². The number of hydrogen-bond acceptors (Lipinski definition) is 3. The Bertz CT molecular complexity index is 247. The number of nitrogens with zero attached hydrogens (tertiary/aromatic N) is 1. The van der Waals surface area contributed by atoms with Crippen LogP contribution in [-0.4, -0.2) is 51.0 Å². The third-order valence-electron chi connectivity index (χ3n) is 5.23. The van der Waals surface area contributed by atoms with Crippen molar-refractivity contribution in [2.75, 3.05) is 46.1 Å². The maximum atomic E-state index is 5.47. The summed E-state index contributed by atoms with van der Waals surface area (Å²) in [7, 11) is 0. The van der Waals surface area contributed by atoms with Crippen molar-refractivity contribution in [3.63, 3.8) is 0 Å². The molecule has 118 valence electrons. The van der Waals surface area contributed by atoms with Gasteiger partial charge in [-0.3, -0.25) is 4.90 Å². The molecule has 2 fully saturated rings. The summed E-state index contributed by atoms with van der Waals surface area (Å²) < 4.78 is 10.9. The summed E-state index contributed by atoms with van der Waals surface area (Å²) in [6.07, 6.45) is 6.70. The topological polar surface area (TPSA) is 21.7 Å². The minimum absolute atomic E-state index is 0.861. The molecule has 0 bridgehead atoms. The van der Waals surface area contributed by atoms with Crippen molar-refractivity contribution in [1.29, 1.82) is 0 Å². The van der Waals surface area contributed by atoms with Crippen LogP contribution in [0.4, 0.5) is 0 Å². The standard InChI is InChI=1S/C17H33NO2/c1-15(5-8-18-9-13-20-14-10-18)3-4-16(2)17-6-11-19-12-7-17/h15-17H,3-14H2,1-2H3. The number of rotatable bonds is 7. The van der Waals surface area contributed by atoms with E-state index in [1.807, 2.05) is 0 Å². The Hall–Kier alpha value is -0.120. The van der Waals surface area contributed by atoms with Gasteiger partial charge in [0.05, 0.1) is 13.2 Å². The van der Waals surface area contributed by atoms with E-state index in [-0.39, 0.29) is 0 Å². The van der Waals surface area contributed by atoms with Gasteiger partial charge in [-0.1, -0.05) is 26.7 Å². The average molecular weight is 283 g/mol. The molecule has 0 spiro atoms. The molecule has 0 radical (unpaired) electrons. The summed E-state index contributed by atoms with van der Waals surface area (Å²) in [6.45, 7) is 12.2. The van der Waals surface area contributed by atoms with Gasteiger partial charge >= 0.3 is 0 Å². The molecule has 0 aromatic rings. The van der Waals surface area contributed by atoms with Gasteiger partial charge in [-0.25, -0.2) is 0 Å². The zero-order valence-corrected chi connectivity index (χ0v) is 13.5. The maximum Gasteiger partial charge on any atom is 0.0594 e. The van der Waals surface area contributed by atoms with E-state index >= 15 is 0 Å². The highest BCUT2D eigenvalue weighted by Crippen LogP contribution is 2.28. The van der Waals surface area contributed by atoms with Crippen LogP contribution < -0.4 is 0 Å². The minimum Gasteiger partial charge on any atom is -0.381 e. The fourth-order valence-corrected chi connectivity index (χ4v) is 3.44. The molecule has 0 saturated carbocycles. The van der Waals surface area contributed by atoms with Crippen LogP contribution in [-0.2, 0) is 9.47 Å². The van der Waals surface area contributed by atoms with Gasteiger partial charge in [-0.15, -0.1) is 0 Å². The highest BCUT2D eigenvalue weighted by atomic mass is 16.5. The Balaban J connectivity index is 1.55. The van der Waals surface area contributed by atoms with Crippen molar-refractivity contribution >= 4 is 0 Å². The molecule has 2 rings (SSSR count). The van der Waals surface area contributed by atoms with E-state index in [1.54, 1.807) is 0 Å². The molecular formula is C17H33NO2. The SMILES string of the molecule is CC(CCC(C)C1CCOCC1)CCN1CCOCC1. The molecule has 2 aliphatic heterocycles. The lowest BCUT2D eigenvalue weighted by molar-refractivity contribution is 0.0347. The molecule has 0 aliphatic carbocycles. The molecular weight excluding hydrogens is 250 g/mol. The van der Waals surface area contributed by atoms with Crippen LogP contribution in [0.1, 0.15) is 46.0 Å². The van der Waals surface area contributed by atoms with E-state index in [2.05, 4.69) is 18.7 Å². The van der Waals surface area contributed by atoms with Crippen LogP contribution in [0.5, 0.6) is 0 Å². The monoisotopic (exact) mass is 283 g/mol. The van der Waals surface area contributed by atoms with Gasteiger partial charge in [0.25, 0.3) is 0 Å². The van der Waals surface area contributed by atoms with Crippen molar-refractivity contribution < 1.29 is 9.47 Å². The van der Waals surface area contributed by atoms with Gasteiger partial charge in [0.1, 0.15) is 0 Å². The summed E-state index contributed by atoms with van der Waals surface area (Å²) >= 11 is 0. The van der Waals surface area contributed by atoms with E-state index in [0.29, 0.717) is 0 Å². The Kier molecular flexibility index (Phi) is 7.32. The maximum absolute atomic E-state index is 5.47. The van der Waals surface area contributed by atoms with Crippen molar-refractivity contribution in [2.45, 2.75) is 46.0 Å². The van der Waals surface area contributed by atoms with Gasteiger partial charge in [0.2, 0.25) is 0 Å². The summed E-state index contributed by atoms with van der Waals surface area (Å²) in [4.78, 5) is 2.56. The molecule has 2 unspecified atom stereocenters. The number of hydrogen-bond donors (Lipinski definition) is 0. The van der Waals surface area contributed by atoms with E-state index in [1.165, 1.54) is 38.6 Å². The average Bonchev–Trinajstić information content (AvgIpc) is 2.52. The van der Waals surface area contributed by atoms with E-state index < -0.39 is 0 Å². The van der Waals surface area contributed by atoms with Gasteiger partial charge in [0.15, 0.2) is 0 Å². The van der Waals surface area contributed by atoms with Crippen LogP contribution >= 0.6 is 0 Å². The highest BCUT2D eigenvalue weighted by molar-refractivity contribution is 4.71. The second-order valence-corrected chi connectivity index (χ2v) is 6.85. The van der Waals surface area contributed by atoms with Crippen molar-refractivity contribution in [2.24, 2.45) is 17.8 Å². The lowest BCUT2D eigenvalue weighted by Gasteiger charge is -2.29. The van der Waals surface area contributed by atoms with E-state index in [0.717, 1.165) is 57.3 Å². The second-order valence-electron chi connectivity index (χ2n) is 6.85. The van der Waals surface area contributed by atoms with Crippen molar-refractivity contribution in [3.8, 4) is 0 Å². The van der Waals surface area contributed by atoms with E-state index in [9.17, 15) is 0 Å². The molecule has 20 heavy (non-hydrogen) atoms. The molecule has 2 aliphatic rings. The van der Waals surface area contributed by atoms with Gasteiger partial charge in [-0.2, -0.15) is 0 Å². The first-order chi connectivity index (χ1) is 9.75. The summed E-state index contributed by atoms with van der Waals surface area (Å²) in [6, 6.07) is 0. The molecule has 0 aromatic carbocycles. The zero-order valence-electron chi connectivity index (χ0n) is 13.5.